The molecule has 2 nitrogen and oxygen atoms in total. The first-order valence-electron chi connectivity index (χ1n) is 6.63. The van der Waals surface area contributed by atoms with Crippen molar-refractivity contribution in [2.75, 3.05) is 13.7 Å². The Kier molecular flexibility index (Phi) is 6.56. The quantitative estimate of drug-likeness (QED) is 0.897. The van der Waals surface area contributed by atoms with Gasteiger partial charge in [0.2, 0.25) is 0 Å². The lowest BCUT2D eigenvalue weighted by Gasteiger charge is -2.18. The molecule has 2 rings (SSSR count). The minimum Gasteiger partial charge on any atom is -0.491 e. The second kappa shape index (κ2) is 7.93. The van der Waals surface area contributed by atoms with Crippen molar-refractivity contribution < 1.29 is 4.74 Å². The zero-order valence-corrected chi connectivity index (χ0v) is 13.0. The van der Waals surface area contributed by atoms with E-state index in [-0.39, 0.29) is 18.4 Å². The van der Waals surface area contributed by atoms with Crippen LogP contribution < -0.4 is 10.1 Å². The third kappa shape index (κ3) is 3.99. The predicted molar refractivity (Wildman–Crippen MR) is 86.9 cm³/mol. The Morgan fingerprint density at radius 1 is 1.00 bits per heavy atom. The Hall–Kier alpha value is -1.51. The standard InChI is InChI=1S/C17H21NO.ClH/c1-13-8-7-11-17(14(13)2)19-12-16(18-3)15-9-5-4-6-10-15;/h4-11,16,18H,12H2,1-3H3;1H. The Morgan fingerprint density at radius 2 is 1.70 bits per heavy atom. The molecule has 0 aliphatic carbocycles. The van der Waals surface area contributed by atoms with Gasteiger partial charge >= 0.3 is 0 Å². The molecule has 1 N–H and O–H groups in total. The summed E-state index contributed by atoms with van der Waals surface area (Å²) >= 11 is 0. The molecule has 0 fully saturated rings. The molecule has 0 amide bonds. The smallest absolute Gasteiger partial charge is 0.122 e. The first-order valence-corrected chi connectivity index (χ1v) is 6.63. The molecular formula is C17H22ClNO. The lowest BCUT2D eigenvalue weighted by atomic mass is 10.1. The predicted octanol–water partition coefficient (Wildman–Crippen LogP) is 4.06. The van der Waals surface area contributed by atoms with Crippen LogP contribution in [0.25, 0.3) is 0 Å². The van der Waals surface area contributed by atoms with Gasteiger partial charge in [-0.25, -0.2) is 0 Å². The van der Waals surface area contributed by atoms with E-state index in [4.69, 9.17) is 4.74 Å². The van der Waals surface area contributed by atoms with Crippen molar-refractivity contribution in [2.24, 2.45) is 0 Å². The molecule has 0 bridgehead atoms. The lowest BCUT2D eigenvalue weighted by Crippen LogP contribution is -2.23. The van der Waals surface area contributed by atoms with Gasteiger partial charge in [-0.1, -0.05) is 42.5 Å². The van der Waals surface area contributed by atoms with Crippen LogP contribution in [-0.4, -0.2) is 13.7 Å². The summed E-state index contributed by atoms with van der Waals surface area (Å²) in [6.07, 6.45) is 0. The highest BCUT2D eigenvalue weighted by molar-refractivity contribution is 5.85. The minimum absolute atomic E-state index is 0. The number of benzene rings is 2. The van der Waals surface area contributed by atoms with Gasteiger partial charge in [0.1, 0.15) is 12.4 Å². The zero-order valence-electron chi connectivity index (χ0n) is 12.2. The van der Waals surface area contributed by atoms with Crippen molar-refractivity contribution in [3.05, 3.63) is 65.2 Å². The van der Waals surface area contributed by atoms with Crippen LogP contribution in [-0.2, 0) is 0 Å². The van der Waals surface area contributed by atoms with Crippen LogP contribution >= 0.6 is 12.4 Å². The molecule has 0 saturated heterocycles. The minimum atomic E-state index is 0. The maximum Gasteiger partial charge on any atom is 0.122 e. The molecule has 2 aromatic rings. The SMILES string of the molecule is CNC(COc1cccc(C)c1C)c1ccccc1.Cl. The highest BCUT2D eigenvalue weighted by Crippen LogP contribution is 2.22. The van der Waals surface area contributed by atoms with E-state index in [1.807, 2.05) is 25.2 Å². The molecule has 0 saturated carbocycles. The number of halogens is 1. The van der Waals surface area contributed by atoms with Gasteiger partial charge < -0.3 is 10.1 Å². The van der Waals surface area contributed by atoms with Gasteiger partial charge in [-0.05, 0) is 43.7 Å². The van der Waals surface area contributed by atoms with Crippen LogP contribution in [0.5, 0.6) is 5.75 Å². The molecule has 0 spiro atoms. The third-order valence-corrected chi connectivity index (χ3v) is 3.51. The Morgan fingerprint density at radius 3 is 2.35 bits per heavy atom. The van der Waals surface area contributed by atoms with Gasteiger partial charge in [0.05, 0.1) is 6.04 Å². The summed E-state index contributed by atoms with van der Waals surface area (Å²) < 4.78 is 5.96. The van der Waals surface area contributed by atoms with Crippen molar-refractivity contribution in [1.82, 2.24) is 5.32 Å². The molecule has 0 radical (unpaired) electrons. The van der Waals surface area contributed by atoms with Gasteiger partial charge in [0.25, 0.3) is 0 Å². The average molecular weight is 292 g/mol. The summed E-state index contributed by atoms with van der Waals surface area (Å²) in [6, 6.07) is 16.8. The van der Waals surface area contributed by atoms with Crippen molar-refractivity contribution in [3.63, 3.8) is 0 Å². The van der Waals surface area contributed by atoms with Crippen LogP contribution in [0.1, 0.15) is 22.7 Å². The average Bonchev–Trinajstić information content (AvgIpc) is 2.45. The van der Waals surface area contributed by atoms with Crippen molar-refractivity contribution in [1.29, 1.82) is 0 Å². The first-order chi connectivity index (χ1) is 9.22. The highest BCUT2D eigenvalue weighted by atomic mass is 35.5. The molecule has 1 unspecified atom stereocenters. The fourth-order valence-electron chi connectivity index (χ4n) is 2.09. The lowest BCUT2D eigenvalue weighted by molar-refractivity contribution is 0.271. The Labute approximate surface area is 127 Å². The molecule has 0 heterocycles. The van der Waals surface area contributed by atoms with Crippen LogP contribution in [0.3, 0.4) is 0 Å². The maximum absolute atomic E-state index is 5.96. The maximum atomic E-state index is 5.96. The van der Waals surface area contributed by atoms with Gasteiger partial charge in [-0.2, -0.15) is 0 Å². The van der Waals surface area contributed by atoms with Gasteiger partial charge in [-0.15, -0.1) is 12.4 Å². The van der Waals surface area contributed by atoms with E-state index in [0.29, 0.717) is 6.61 Å². The summed E-state index contributed by atoms with van der Waals surface area (Å²) in [6.45, 7) is 4.83. The third-order valence-electron chi connectivity index (χ3n) is 3.51. The summed E-state index contributed by atoms with van der Waals surface area (Å²) in [5.74, 6) is 0.969. The highest BCUT2D eigenvalue weighted by Gasteiger charge is 2.10. The Bertz CT molecular complexity index is 528. The van der Waals surface area contributed by atoms with E-state index < -0.39 is 0 Å². The topological polar surface area (TPSA) is 21.3 Å². The van der Waals surface area contributed by atoms with Gasteiger partial charge in [-0.3, -0.25) is 0 Å². The van der Waals surface area contributed by atoms with Crippen LogP contribution in [0.2, 0.25) is 0 Å². The number of rotatable bonds is 5. The van der Waals surface area contributed by atoms with Gasteiger partial charge in [0.15, 0.2) is 0 Å². The van der Waals surface area contributed by atoms with Crippen molar-refractivity contribution in [2.45, 2.75) is 19.9 Å². The molecule has 20 heavy (non-hydrogen) atoms. The number of nitrogens with one attached hydrogen (secondary N) is 1. The number of hydrogen-bond acceptors (Lipinski definition) is 2. The normalized spacial score (nSPS) is 11.6. The van der Waals surface area contributed by atoms with Gasteiger partial charge in [0, 0.05) is 0 Å². The molecule has 0 aliphatic rings. The number of ether oxygens (including phenoxy) is 1. The molecular weight excluding hydrogens is 270 g/mol. The summed E-state index contributed by atoms with van der Waals surface area (Å²) in [7, 11) is 1.96. The van der Waals surface area contributed by atoms with E-state index in [1.54, 1.807) is 0 Å². The molecule has 3 heteroatoms. The van der Waals surface area contributed by atoms with Crippen molar-refractivity contribution >= 4 is 12.4 Å². The molecule has 0 aromatic heterocycles. The fourth-order valence-corrected chi connectivity index (χ4v) is 2.09. The number of likely N-dealkylation sites (N-methyl/N-ethyl adjacent to an activating group) is 1. The fraction of sp³-hybridized carbons (Fsp3) is 0.294. The van der Waals surface area contributed by atoms with Crippen LogP contribution in [0, 0.1) is 13.8 Å². The molecule has 1 atom stereocenters. The molecule has 0 aliphatic heterocycles. The summed E-state index contributed by atoms with van der Waals surface area (Å²) in [5.41, 5.74) is 3.72. The number of hydrogen-bond donors (Lipinski definition) is 1. The van der Waals surface area contributed by atoms with Crippen molar-refractivity contribution in [3.8, 4) is 5.75 Å². The summed E-state index contributed by atoms with van der Waals surface area (Å²) in [5, 5.41) is 3.30. The molecule has 2 aromatic carbocycles. The second-order valence-electron chi connectivity index (χ2n) is 4.76. The van der Waals surface area contributed by atoms with E-state index in [0.717, 1.165) is 5.75 Å². The molecule has 108 valence electrons. The second-order valence-corrected chi connectivity index (χ2v) is 4.76. The van der Waals surface area contributed by atoms with Crippen LogP contribution in [0.15, 0.2) is 48.5 Å². The Balaban J connectivity index is 0.00000200. The largest absolute Gasteiger partial charge is 0.491 e. The van der Waals surface area contributed by atoms with E-state index in [9.17, 15) is 0 Å². The first kappa shape index (κ1) is 16.5. The monoisotopic (exact) mass is 291 g/mol. The van der Waals surface area contributed by atoms with E-state index in [2.05, 4.69) is 49.5 Å². The van der Waals surface area contributed by atoms with E-state index >= 15 is 0 Å². The zero-order chi connectivity index (χ0) is 13.7. The van der Waals surface area contributed by atoms with Crippen LogP contribution in [0.4, 0.5) is 0 Å². The number of aryl methyl sites for hydroxylation is 1. The summed E-state index contributed by atoms with van der Waals surface area (Å²) in [4.78, 5) is 0. The van der Waals surface area contributed by atoms with E-state index in [1.165, 1.54) is 16.7 Å².